The lowest BCUT2D eigenvalue weighted by atomic mass is 10.2. The minimum absolute atomic E-state index is 0.741. The molecule has 3 nitrogen and oxygen atoms in total. The van der Waals surface area contributed by atoms with Crippen molar-refractivity contribution in [3.63, 3.8) is 0 Å². The van der Waals surface area contributed by atoms with Crippen LogP contribution >= 0.6 is 23.4 Å². The maximum absolute atomic E-state index is 6.29. The van der Waals surface area contributed by atoms with Crippen molar-refractivity contribution in [1.82, 2.24) is 14.3 Å². The zero-order valence-electron chi connectivity index (χ0n) is 14.1. The summed E-state index contributed by atoms with van der Waals surface area (Å²) in [4.78, 5) is 2.48. The van der Waals surface area contributed by atoms with Crippen molar-refractivity contribution in [2.45, 2.75) is 30.2 Å². The summed E-state index contributed by atoms with van der Waals surface area (Å²) in [5.41, 5.74) is 3.37. The van der Waals surface area contributed by atoms with Gasteiger partial charge in [0.1, 0.15) is 0 Å². The minimum Gasteiger partial charge on any atom is -0.310 e. The second-order valence-corrected chi connectivity index (χ2v) is 7.40. The summed E-state index contributed by atoms with van der Waals surface area (Å²) in [5, 5.41) is 6.38. The molecule has 0 spiro atoms. The minimum atomic E-state index is 0.741. The molecule has 0 aliphatic carbocycles. The number of hydrogen-bond donors (Lipinski definition) is 0. The standard InChI is InChI=1S/C20H18ClN3S/c1-3-23-13-16(12-22-23)24-14(2)20(25-17-7-5-4-6-8-17)18-10-9-15(21)11-19(18)24/h4-13H,3H2,1-2H3. The molecule has 0 aliphatic heterocycles. The van der Waals surface area contributed by atoms with E-state index in [0.29, 0.717) is 0 Å². The molecule has 4 aromatic rings. The highest BCUT2D eigenvalue weighted by molar-refractivity contribution is 7.99. The first-order valence-corrected chi connectivity index (χ1v) is 9.43. The van der Waals surface area contributed by atoms with Crippen molar-refractivity contribution < 1.29 is 0 Å². The highest BCUT2D eigenvalue weighted by Gasteiger charge is 2.17. The molecule has 0 fully saturated rings. The Hall–Kier alpha value is -2.17. The summed E-state index contributed by atoms with van der Waals surface area (Å²) in [7, 11) is 0. The Morgan fingerprint density at radius 2 is 1.92 bits per heavy atom. The second kappa shape index (κ2) is 6.62. The zero-order valence-corrected chi connectivity index (χ0v) is 15.7. The first-order valence-electron chi connectivity index (χ1n) is 8.23. The molecule has 0 aliphatic rings. The van der Waals surface area contributed by atoms with E-state index in [2.05, 4.69) is 60.0 Å². The van der Waals surface area contributed by atoms with Crippen LogP contribution in [0.3, 0.4) is 0 Å². The van der Waals surface area contributed by atoms with Gasteiger partial charge in [-0.25, -0.2) is 0 Å². The van der Waals surface area contributed by atoms with Gasteiger partial charge < -0.3 is 4.57 Å². The number of fused-ring (bicyclic) bond motifs is 1. The highest BCUT2D eigenvalue weighted by Crippen LogP contribution is 2.40. The van der Waals surface area contributed by atoms with Crippen molar-refractivity contribution in [2.75, 3.05) is 0 Å². The molecule has 0 atom stereocenters. The van der Waals surface area contributed by atoms with Gasteiger partial charge in [-0.05, 0) is 38.1 Å². The number of aryl methyl sites for hydroxylation is 1. The lowest BCUT2D eigenvalue weighted by Crippen LogP contribution is -1.96. The van der Waals surface area contributed by atoms with Crippen LogP contribution in [-0.2, 0) is 6.54 Å². The fraction of sp³-hybridized carbons (Fsp3) is 0.150. The molecule has 2 aromatic carbocycles. The van der Waals surface area contributed by atoms with Crippen LogP contribution in [-0.4, -0.2) is 14.3 Å². The lowest BCUT2D eigenvalue weighted by molar-refractivity contribution is 0.659. The highest BCUT2D eigenvalue weighted by atomic mass is 35.5. The molecule has 4 rings (SSSR count). The molecule has 0 N–H and O–H groups in total. The number of rotatable bonds is 4. The molecular weight excluding hydrogens is 350 g/mol. The number of benzene rings is 2. The molecule has 0 saturated carbocycles. The molecule has 2 heterocycles. The van der Waals surface area contributed by atoms with Crippen molar-refractivity contribution in [3.05, 3.63) is 71.6 Å². The summed E-state index contributed by atoms with van der Waals surface area (Å²) in [6.45, 7) is 5.10. The van der Waals surface area contributed by atoms with E-state index in [-0.39, 0.29) is 0 Å². The van der Waals surface area contributed by atoms with Gasteiger partial charge in [0, 0.05) is 38.6 Å². The van der Waals surface area contributed by atoms with Gasteiger partial charge in [0.25, 0.3) is 0 Å². The van der Waals surface area contributed by atoms with Gasteiger partial charge in [0.05, 0.1) is 17.4 Å². The van der Waals surface area contributed by atoms with E-state index >= 15 is 0 Å². The van der Waals surface area contributed by atoms with Crippen LogP contribution in [0.5, 0.6) is 0 Å². The van der Waals surface area contributed by atoms with E-state index < -0.39 is 0 Å². The Balaban J connectivity index is 1.93. The van der Waals surface area contributed by atoms with Gasteiger partial charge in [-0.1, -0.05) is 47.6 Å². The topological polar surface area (TPSA) is 22.8 Å². The number of halogens is 1. The molecule has 126 valence electrons. The molecule has 0 saturated heterocycles. The Labute approximate surface area is 156 Å². The molecular formula is C20H18ClN3S. The van der Waals surface area contributed by atoms with Gasteiger partial charge in [-0.3, -0.25) is 4.68 Å². The van der Waals surface area contributed by atoms with Crippen LogP contribution in [0.2, 0.25) is 5.02 Å². The maximum atomic E-state index is 6.29. The Kier molecular flexibility index (Phi) is 4.32. The third-order valence-electron chi connectivity index (χ3n) is 4.27. The number of nitrogens with zero attached hydrogens (tertiary/aromatic N) is 3. The van der Waals surface area contributed by atoms with Gasteiger partial charge in [-0.15, -0.1) is 0 Å². The molecule has 0 radical (unpaired) electrons. The summed E-state index contributed by atoms with van der Waals surface area (Å²) >= 11 is 8.08. The van der Waals surface area contributed by atoms with Crippen LogP contribution in [0, 0.1) is 6.92 Å². The normalized spacial score (nSPS) is 11.3. The summed E-state index contributed by atoms with van der Waals surface area (Å²) in [6, 6.07) is 16.5. The van der Waals surface area contributed by atoms with Crippen LogP contribution < -0.4 is 0 Å². The first-order chi connectivity index (χ1) is 12.2. The molecule has 5 heteroatoms. The van der Waals surface area contributed by atoms with Gasteiger partial charge in [0.15, 0.2) is 0 Å². The molecule has 0 unspecified atom stereocenters. The van der Waals surface area contributed by atoms with Crippen molar-refractivity contribution >= 4 is 34.3 Å². The fourth-order valence-electron chi connectivity index (χ4n) is 3.07. The third-order valence-corrected chi connectivity index (χ3v) is 5.74. The van der Waals surface area contributed by atoms with E-state index in [1.807, 2.05) is 29.1 Å². The SMILES string of the molecule is CCn1cc(-n2c(C)c(Sc3ccccc3)c3ccc(Cl)cc32)cn1. The van der Waals surface area contributed by atoms with Gasteiger partial charge >= 0.3 is 0 Å². The van der Waals surface area contributed by atoms with Crippen LogP contribution in [0.1, 0.15) is 12.6 Å². The fourth-order valence-corrected chi connectivity index (χ4v) is 4.28. The van der Waals surface area contributed by atoms with Crippen LogP contribution in [0.15, 0.2) is 70.7 Å². The predicted octanol–water partition coefficient (Wildman–Crippen LogP) is 5.96. The Morgan fingerprint density at radius 1 is 1.12 bits per heavy atom. The molecule has 0 amide bonds. The van der Waals surface area contributed by atoms with E-state index in [4.69, 9.17) is 11.6 Å². The van der Waals surface area contributed by atoms with Crippen LogP contribution in [0.4, 0.5) is 0 Å². The average Bonchev–Trinajstić information content (AvgIpc) is 3.19. The van der Waals surface area contributed by atoms with E-state index in [1.165, 1.54) is 20.9 Å². The lowest BCUT2D eigenvalue weighted by Gasteiger charge is -2.06. The second-order valence-electron chi connectivity index (χ2n) is 5.88. The van der Waals surface area contributed by atoms with Gasteiger partial charge in [0.2, 0.25) is 0 Å². The van der Waals surface area contributed by atoms with Gasteiger partial charge in [-0.2, -0.15) is 5.10 Å². The summed E-state index contributed by atoms with van der Waals surface area (Å²) < 4.78 is 4.18. The molecule has 2 aromatic heterocycles. The quantitative estimate of drug-likeness (QED) is 0.444. The summed E-state index contributed by atoms with van der Waals surface area (Å²) in [6.07, 6.45) is 3.98. The zero-order chi connectivity index (χ0) is 17.4. The molecule has 25 heavy (non-hydrogen) atoms. The maximum Gasteiger partial charge on any atom is 0.0840 e. The van der Waals surface area contributed by atoms with E-state index in [0.717, 1.165) is 22.8 Å². The smallest absolute Gasteiger partial charge is 0.0840 e. The monoisotopic (exact) mass is 367 g/mol. The number of hydrogen-bond acceptors (Lipinski definition) is 2. The van der Waals surface area contributed by atoms with E-state index in [1.54, 1.807) is 11.8 Å². The average molecular weight is 368 g/mol. The van der Waals surface area contributed by atoms with E-state index in [9.17, 15) is 0 Å². The van der Waals surface area contributed by atoms with Crippen molar-refractivity contribution in [1.29, 1.82) is 0 Å². The van der Waals surface area contributed by atoms with Crippen molar-refractivity contribution in [2.24, 2.45) is 0 Å². The largest absolute Gasteiger partial charge is 0.310 e. The molecule has 0 bridgehead atoms. The Bertz CT molecular complexity index is 1030. The predicted molar refractivity (Wildman–Crippen MR) is 105 cm³/mol. The summed E-state index contributed by atoms with van der Waals surface area (Å²) in [5.74, 6) is 0. The Morgan fingerprint density at radius 3 is 2.64 bits per heavy atom. The third kappa shape index (κ3) is 2.96. The first kappa shape index (κ1) is 16.3. The van der Waals surface area contributed by atoms with Crippen molar-refractivity contribution in [3.8, 4) is 5.69 Å². The van der Waals surface area contributed by atoms with Crippen LogP contribution in [0.25, 0.3) is 16.6 Å². The number of aromatic nitrogens is 3.